The maximum Gasteiger partial charge on any atom is 0.222 e. The highest BCUT2D eigenvalue weighted by atomic mass is 32.2. The zero-order valence-electron chi connectivity index (χ0n) is 8.90. The summed E-state index contributed by atoms with van der Waals surface area (Å²) in [5.41, 5.74) is 5.30. The van der Waals surface area contributed by atoms with E-state index in [0.29, 0.717) is 25.9 Å². The lowest BCUT2D eigenvalue weighted by molar-refractivity contribution is -0.124. The molecule has 0 aliphatic rings. The predicted octanol–water partition coefficient (Wildman–Crippen LogP) is -1.23. The summed E-state index contributed by atoms with van der Waals surface area (Å²) in [5, 5.41) is 7.43. The van der Waals surface area contributed by atoms with Gasteiger partial charge in [0, 0.05) is 12.5 Å². The fraction of sp³-hybridized carbons (Fsp3) is 0.875. The highest BCUT2D eigenvalue weighted by Crippen LogP contribution is 1.99. The summed E-state index contributed by atoms with van der Waals surface area (Å²) >= 11 is 0. The van der Waals surface area contributed by atoms with Crippen LogP contribution in [0.5, 0.6) is 0 Å². The Morgan fingerprint density at radius 1 is 1.47 bits per heavy atom. The number of amides is 1. The number of nitrogens with one attached hydrogen (secondary N) is 1. The molecule has 0 aromatic carbocycles. The first-order chi connectivity index (χ1) is 6.87. The van der Waals surface area contributed by atoms with Crippen molar-refractivity contribution in [3.05, 3.63) is 0 Å². The van der Waals surface area contributed by atoms with Crippen LogP contribution in [0.25, 0.3) is 0 Å². The third-order valence-corrected chi connectivity index (χ3v) is 2.81. The van der Waals surface area contributed by atoms with Crippen molar-refractivity contribution in [1.29, 1.82) is 0 Å². The van der Waals surface area contributed by atoms with Crippen LogP contribution < -0.4 is 16.2 Å². The molecular weight excluding hydrogens is 218 g/mol. The average molecular weight is 237 g/mol. The van der Waals surface area contributed by atoms with Crippen LogP contribution in [0.3, 0.4) is 0 Å². The molecule has 90 valence electrons. The second-order valence-corrected chi connectivity index (χ2v) is 5.22. The lowest BCUT2D eigenvalue weighted by atomic mass is 10.1. The summed E-state index contributed by atoms with van der Waals surface area (Å²) in [6, 6.07) is 0. The molecule has 0 aromatic rings. The number of hydrogen-bond acceptors (Lipinski definition) is 4. The molecule has 0 spiro atoms. The molecule has 0 radical (unpaired) electrons. The minimum atomic E-state index is -3.42. The molecular formula is C8H19N3O3S. The minimum absolute atomic E-state index is 0.102. The molecule has 1 amide bonds. The van der Waals surface area contributed by atoms with Gasteiger partial charge in [-0.2, -0.15) is 0 Å². The Bertz CT molecular complexity index is 290. The summed E-state index contributed by atoms with van der Waals surface area (Å²) < 4.78 is 21.1. The van der Waals surface area contributed by atoms with Gasteiger partial charge >= 0.3 is 0 Å². The van der Waals surface area contributed by atoms with Crippen molar-refractivity contribution < 1.29 is 13.2 Å². The van der Waals surface area contributed by atoms with E-state index in [4.69, 9.17) is 10.9 Å². The van der Waals surface area contributed by atoms with Crippen LogP contribution in [0.4, 0.5) is 0 Å². The Morgan fingerprint density at radius 3 is 2.53 bits per heavy atom. The molecule has 0 heterocycles. The number of rotatable bonds is 7. The number of sulfonamides is 1. The van der Waals surface area contributed by atoms with Crippen molar-refractivity contribution in [2.75, 3.05) is 18.8 Å². The first-order valence-electron chi connectivity index (χ1n) is 4.85. The Balaban J connectivity index is 3.64. The highest BCUT2D eigenvalue weighted by Gasteiger charge is 2.11. The van der Waals surface area contributed by atoms with E-state index in [2.05, 4.69) is 5.32 Å². The van der Waals surface area contributed by atoms with E-state index < -0.39 is 10.0 Å². The van der Waals surface area contributed by atoms with E-state index in [9.17, 15) is 13.2 Å². The van der Waals surface area contributed by atoms with Crippen molar-refractivity contribution in [2.45, 2.75) is 19.8 Å². The number of carbonyl (C=O) groups excluding carboxylic acids is 1. The minimum Gasteiger partial charge on any atom is -0.356 e. The lowest BCUT2D eigenvalue weighted by Crippen LogP contribution is -2.32. The van der Waals surface area contributed by atoms with Gasteiger partial charge in [0.05, 0.1) is 5.75 Å². The van der Waals surface area contributed by atoms with Gasteiger partial charge in [-0.05, 0) is 19.4 Å². The van der Waals surface area contributed by atoms with Gasteiger partial charge in [0.15, 0.2) is 0 Å². The Morgan fingerprint density at radius 2 is 2.07 bits per heavy atom. The van der Waals surface area contributed by atoms with Crippen molar-refractivity contribution in [2.24, 2.45) is 16.8 Å². The van der Waals surface area contributed by atoms with Gasteiger partial charge in [0.1, 0.15) is 0 Å². The van der Waals surface area contributed by atoms with Gasteiger partial charge in [-0.1, -0.05) is 6.92 Å². The van der Waals surface area contributed by atoms with Crippen LogP contribution >= 0.6 is 0 Å². The quantitative estimate of drug-likeness (QED) is 0.481. The second kappa shape index (κ2) is 6.76. The average Bonchev–Trinajstić information content (AvgIpc) is 2.11. The maximum absolute atomic E-state index is 11.3. The zero-order chi connectivity index (χ0) is 11.9. The smallest absolute Gasteiger partial charge is 0.222 e. The van der Waals surface area contributed by atoms with Crippen LogP contribution in [0, 0.1) is 5.92 Å². The maximum atomic E-state index is 11.3. The molecule has 1 atom stereocenters. The molecule has 0 aliphatic heterocycles. The van der Waals surface area contributed by atoms with Crippen molar-refractivity contribution in [3.63, 3.8) is 0 Å². The van der Waals surface area contributed by atoms with Gasteiger partial charge in [-0.3, -0.25) is 4.79 Å². The lowest BCUT2D eigenvalue weighted by Gasteiger charge is -2.10. The van der Waals surface area contributed by atoms with Crippen molar-refractivity contribution in [3.8, 4) is 0 Å². The first-order valence-corrected chi connectivity index (χ1v) is 6.56. The van der Waals surface area contributed by atoms with Crippen molar-refractivity contribution in [1.82, 2.24) is 5.32 Å². The zero-order valence-corrected chi connectivity index (χ0v) is 9.72. The van der Waals surface area contributed by atoms with Gasteiger partial charge in [0.25, 0.3) is 0 Å². The molecule has 1 unspecified atom stereocenters. The molecule has 0 saturated heterocycles. The molecule has 15 heavy (non-hydrogen) atoms. The number of carbonyl (C=O) groups is 1. The molecule has 7 heteroatoms. The Labute approximate surface area is 90.4 Å². The highest BCUT2D eigenvalue weighted by molar-refractivity contribution is 7.89. The molecule has 0 aromatic heterocycles. The van der Waals surface area contributed by atoms with E-state index in [1.54, 1.807) is 6.92 Å². The Hall–Kier alpha value is -0.660. The molecule has 0 saturated carbocycles. The summed E-state index contributed by atoms with van der Waals surface area (Å²) in [7, 11) is -3.42. The predicted molar refractivity (Wildman–Crippen MR) is 58.4 cm³/mol. The fourth-order valence-corrected chi connectivity index (χ4v) is 1.59. The van der Waals surface area contributed by atoms with Crippen LogP contribution in [0.2, 0.25) is 0 Å². The van der Waals surface area contributed by atoms with E-state index in [0.717, 1.165) is 0 Å². The second-order valence-electron chi connectivity index (χ2n) is 3.49. The molecule has 5 N–H and O–H groups in total. The van der Waals surface area contributed by atoms with Crippen LogP contribution in [0.1, 0.15) is 19.8 Å². The number of hydrogen-bond donors (Lipinski definition) is 3. The molecule has 0 fully saturated rings. The SMILES string of the molecule is CC(CCN)C(=O)NCCCS(N)(=O)=O. The first kappa shape index (κ1) is 14.3. The van der Waals surface area contributed by atoms with E-state index >= 15 is 0 Å². The standard InChI is InChI=1S/C8H19N3O3S/c1-7(3-4-9)8(12)11-5-2-6-15(10,13)14/h7H,2-6,9H2,1H3,(H,11,12)(H2,10,13,14). The molecule has 0 aliphatic carbocycles. The normalized spacial score (nSPS) is 13.5. The fourth-order valence-electron chi connectivity index (χ4n) is 1.04. The monoisotopic (exact) mass is 237 g/mol. The summed E-state index contributed by atoms with van der Waals surface area (Å²) in [4.78, 5) is 11.3. The molecule has 0 bridgehead atoms. The topological polar surface area (TPSA) is 115 Å². The third-order valence-electron chi connectivity index (χ3n) is 1.95. The largest absolute Gasteiger partial charge is 0.356 e. The van der Waals surface area contributed by atoms with Crippen LogP contribution in [-0.4, -0.2) is 33.2 Å². The molecule has 6 nitrogen and oxygen atoms in total. The van der Waals surface area contributed by atoms with E-state index in [1.807, 2.05) is 0 Å². The van der Waals surface area contributed by atoms with E-state index in [-0.39, 0.29) is 17.6 Å². The summed E-state index contributed by atoms with van der Waals surface area (Å²) in [6.07, 6.45) is 0.959. The van der Waals surface area contributed by atoms with Gasteiger partial charge < -0.3 is 11.1 Å². The van der Waals surface area contributed by atoms with Crippen molar-refractivity contribution >= 4 is 15.9 Å². The molecule has 0 rings (SSSR count). The van der Waals surface area contributed by atoms with Crippen LogP contribution in [-0.2, 0) is 14.8 Å². The van der Waals surface area contributed by atoms with Gasteiger partial charge in [0.2, 0.25) is 15.9 Å². The van der Waals surface area contributed by atoms with Gasteiger partial charge in [-0.15, -0.1) is 0 Å². The number of primary sulfonamides is 1. The summed E-state index contributed by atoms with van der Waals surface area (Å²) in [6.45, 7) is 2.57. The summed E-state index contributed by atoms with van der Waals surface area (Å²) in [5.74, 6) is -0.349. The third kappa shape index (κ3) is 8.34. The van der Waals surface area contributed by atoms with E-state index in [1.165, 1.54) is 0 Å². The van der Waals surface area contributed by atoms with Crippen LogP contribution in [0.15, 0.2) is 0 Å². The van der Waals surface area contributed by atoms with Gasteiger partial charge in [-0.25, -0.2) is 13.6 Å². The Kier molecular flexibility index (Phi) is 6.46. The number of nitrogens with two attached hydrogens (primary N) is 2.